The van der Waals surface area contributed by atoms with Gasteiger partial charge in [0.05, 0.1) is 0 Å². The van der Waals surface area contributed by atoms with Gasteiger partial charge in [-0.1, -0.05) is 18.5 Å². The average Bonchev–Trinajstić information content (AvgIpc) is 2.20. The molecule has 0 radical (unpaired) electrons. The fraction of sp³-hybridized carbons (Fsp3) is 0.500. The van der Waals surface area contributed by atoms with Gasteiger partial charge in [-0.15, -0.1) is 0 Å². The van der Waals surface area contributed by atoms with E-state index in [4.69, 9.17) is 11.6 Å². The average molecular weight is 244 g/mol. The summed E-state index contributed by atoms with van der Waals surface area (Å²) in [5, 5.41) is 4.23. The molecule has 0 amide bonds. The van der Waals surface area contributed by atoms with Gasteiger partial charge in [-0.3, -0.25) is 0 Å². The Kier molecular flexibility index (Phi) is 5.96. The maximum Gasteiger partial charge on any atom is 0.0410 e. The summed E-state index contributed by atoms with van der Waals surface area (Å²) in [6, 6.07) is 5.97. The van der Waals surface area contributed by atoms with Crippen molar-refractivity contribution in [1.82, 2.24) is 0 Å². The van der Waals surface area contributed by atoms with Crippen molar-refractivity contribution >= 4 is 29.1 Å². The number of hydrogen-bond donors (Lipinski definition) is 1. The fourth-order valence-electron chi connectivity index (χ4n) is 1.37. The molecule has 1 nitrogen and oxygen atoms in total. The Morgan fingerprint density at radius 2 is 2.20 bits per heavy atom. The fourth-order valence-corrected chi connectivity index (χ4v) is 2.23. The van der Waals surface area contributed by atoms with Crippen molar-refractivity contribution in [2.75, 3.05) is 23.4 Å². The predicted molar refractivity (Wildman–Crippen MR) is 72.3 cm³/mol. The molecule has 0 spiro atoms. The summed E-state index contributed by atoms with van der Waals surface area (Å²) in [5.74, 6) is 2.44. The molecule has 1 N–H and O–H groups in total. The quantitative estimate of drug-likeness (QED) is 0.752. The van der Waals surface area contributed by atoms with Gasteiger partial charge in [0.15, 0.2) is 0 Å². The number of hydrogen-bond acceptors (Lipinski definition) is 2. The van der Waals surface area contributed by atoms with E-state index in [0.717, 1.165) is 11.6 Å². The largest absolute Gasteiger partial charge is 0.385 e. The lowest BCUT2D eigenvalue weighted by atomic mass is 10.2. The molecule has 1 aromatic rings. The van der Waals surface area contributed by atoms with Gasteiger partial charge in [-0.2, -0.15) is 11.8 Å². The highest BCUT2D eigenvalue weighted by Gasteiger charge is 1.97. The molecule has 15 heavy (non-hydrogen) atoms. The lowest BCUT2D eigenvalue weighted by Crippen LogP contribution is -2.03. The standard InChI is InChI=1S/C12H18ClNS/c1-3-15-8-4-7-14-12-6-5-11(13)9-10(12)2/h5-6,9,14H,3-4,7-8H2,1-2H3. The minimum Gasteiger partial charge on any atom is -0.385 e. The van der Waals surface area contributed by atoms with Crippen LogP contribution >= 0.6 is 23.4 Å². The molecule has 0 saturated heterocycles. The molecule has 0 aliphatic rings. The van der Waals surface area contributed by atoms with E-state index in [9.17, 15) is 0 Å². The van der Waals surface area contributed by atoms with Crippen LogP contribution in [0.2, 0.25) is 5.02 Å². The lowest BCUT2D eigenvalue weighted by Gasteiger charge is -2.09. The highest BCUT2D eigenvalue weighted by Crippen LogP contribution is 2.19. The Balaban J connectivity index is 2.31. The number of anilines is 1. The van der Waals surface area contributed by atoms with E-state index in [0.29, 0.717) is 0 Å². The molecular formula is C12H18ClNS. The molecule has 0 aliphatic heterocycles. The Morgan fingerprint density at radius 3 is 2.87 bits per heavy atom. The zero-order valence-corrected chi connectivity index (χ0v) is 10.9. The SMILES string of the molecule is CCSCCCNc1ccc(Cl)cc1C. The van der Waals surface area contributed by atoms with Crippen LogP contribution in [0.25, 0.3) is 0 Å². The van der Waals surface area contributed by atoms with Gasteiger partial charge < -0.3 is 5.32 Å². The van der Waals surface area contributed by atoms with Gasteiger partial charge in [-0.25, -0.2) is 0 Å². The Bertz CT molecular complexity index is 302. The third kappa shape index (κ3) is 4.80. The van der Waals surface area contributed by atoms with Crippen LogP contribution in [0.5, 0.6) is 0 Å². The van der Waals surface area contributed by atoms with Crippen molar-refractivity contribution < 1.29 is 0 Å². The van der Waals surface area contributed by atoms with Crippen LogP contribution in [-0.4, -0.2) is 18.1 Å². The zero-order chi connectivity index (χ0) is 11.1. The second-order valence-electron chi connectivity index (χ2n) is 3.44. The second kappa shape index (κ2) is 7.02. The summed E-state index contributed by atoms with van der Waals surface area (Å²) in [5.41, 5.74) is 2.41. The van der Waals surface area contributed by atoms with Crippen molar-refractivity contribution in [2.24, 2.45) is 0 Å². The molecular weight excluding hydrogens is 226 g/mol. The number of rotatable bonds is 6. The first-order chi connectivity index (χ1) is 7.24. The summed E-state index contributed by atoms with van der Waals surface area (Å²) in [6.45, 7) is 5.31. The molecule has 0 bridgehead atoms. The van der Waals surface area contributed by atoms with Crippen LogP contribution in [0.15, 0.2) is 18.2 Å². The van der Waals surface area contributed by atoms with Crippen LogP contribution in [0, 0.1) is 6.92 Å². The van der Waals surface area contributed by atoms with E-state index in [-0.39, 0.29) is 0 Å². The molecule has 0 fully saturated rings. The van der Waals surface area contributed by atoms with E-state index in [2.05, 4.69) is 19.2 Å². The normalized spacial score (nSPS) is 10.3. The summed E-state index contributed by atoms with van der Waals surface area (Å²) < 4.78 is 0. The van der Waals surface area contributed by atoms with Crippen molar-refractivity contribution in [3.63, 3.8) is 0 Å². The third-order valence-electron chi connectivity index (χ3n) is 2.17. The Morgan fingerprint density at radius 1 is 1.40 bits per heavy atom. The second-order valence-corrected chi connectivity index (χ2v) is 5.27. The number of benzene rings is 1. The van der Waals surface area contributed by atoms with Crippen molar-refractivity contribution in [3.05, 3.63) is 28.8 Å². The van der Waals surface area contributed by atoms with E-state index in [1.807, 2.05) is 30.0 Å². The van der Waals surface area contributed by atoms with Gasteiger partial charge in [-0.05, 0) is 48.6 Å². The van der Waals surface area contributed by atoms with Gasteiger partial charge in [0.2, 0.25) is 0 Å². The maximum atomic E-state index is 5.89. The Labute approximate surface area is 102 Å². The molecule has 0 saturated carbocycles. The molecule has 0 unspecified atom stereocenters. The summed E-state index contributed by atoms with van der Waals surface area (Å²) in [4.78, 5) is 0. The molecule has 0 heterocycles. The summed E-state index contributed by atoms with van der Waals surface area (Å²) in [7, 11) is 0. The molecule has 0 atom stereocenters. The molecule has 1 aromatic carbocycles. The van der Waals surface area contributed by atoms with Gasteiger partial charge in [0, 0.05) is 17.3 Å². The Hall–Kier alpha value is -0.340. The maximum absolute atomic E-state index is 5.89. The summed E-state index contributed by atoms with van der Waals surface area (Å²) in [6.07, 6.45) is 1.21. The topological polar surface area (TPSA) is 12.0 Å². The van der Waals surface area contributed by atoms with E-state index >= 15 is 0 Å². The van der Waals surface area contributed by atoms with Crippen LogP contribution in [0.4, 0.5) is 5.69 Å². The first kappa shape index (κ1) is 12.7. The van der Waals surface area contributed by atoms with Crippen molar-refractivity contribution in [2.45, 2.75) is 20.3 Å². The zero-order valence-electron chi connectivity index (χ0n) is 9.35. The van der Waals surface area contributed by atoms with Crippen molar-refractivity contribution in [1.29, 1.82) is 0 Å². The van der Waals surface area contributed by atoms with Crippen LogP contribution < -0.4 is 5.32 Å². The van der Waals surface area contributed by atoms with Crippen LogP contribution in [-0.2, 0) is 0 Å². The third-order valence-corrected chi connectivity index (χ3v) is 3.39. The monoisotopic (exact) mass is 243 g/mol. The van der Waals surface area contributed by atoms with Crippen molar-refractivity contribution in [3.8, 4) is 0 Å². The molecule has 0 aliphatic carbocycles. The van der Waals surface area contributed by atoms with Gasteiger partial charge in [0.1, 0.15) is 0 Å². The molecule has 3 heteroatoms. The minimum atomic E-state index is 0.805. The van der Waals surface area contributed by atoms with E-state index < -0.39 is 0 Å². The number of thioether (sulfide) groups is 1. The number of nitrogens with one attached hydrogen (secondary N) is 1. The molecule has 1 rings (SSSR count). The minimum absolute atomic E-state index is 0.805. The highest BCUT2D eigenvalue weighted by molar-refractivity contribution is 7.99. The van der Waals surface area contributed by atoms with Gasteiger partial charge in [0.25, 0.3) is 0 Å². The number of halogens is 1. The van der Waals surface area contributed by atoms with E-state index in [1.165, 1.54) is 29.2 Å². The number of aryl methyl sites for hydroxylation is 1. The lowest BCUT2D eigenvalue weighted by molar-refractivity contribution is 0.989. The smallest absolute Gasteiger partial charge is 0.0410 e. The van der Waals surface area contributed by atoms with Gasteiger partial charge >= 0.3 is 0 Å². The highest BCUT2D eigenvalue weighted by atomic mass is 35.5. The first-order valence-electron chi connectivity index (χ1n) is 5.32. The van der Waals surface area contributed by atoms with Crippen LogP contribution in [0.1, 0.15) is 18.9 Å². The molecule has 0 aromatic heterocycles. The molecule has 84 valence electrons. The predicted octanol–water partition coefficient (Wildman–Crippen LogP) is 4.20. The van der Waals surface area contributed by atoms with Crippen LogP contribution in [0.3, 0.4) is 0 Å². The van der Waals surface area contributed by atoms with E-state index in [1.54, 1.807) is 0 Å². The first-order valence-corrected chi connectivity index (χ1v) is 6.85. The summed E-state index contributed by atoms with van der Waals surface area (Å²) >= 11 is 7.88.